The molecule has 2 bridgehead atoms. The van der Waals surface area contributed by atoms with E-state index < -0.39 is 30.4 Å². The van der Waals surface area contributed by atoms with E-state index in [4.69, 9.17) is 15.2 Å². The first-order chi connectivity index (χ1) is 12.5. The molecular formula is C16H26FN5O4. The molecular weight excluding hydrogens is 345 g/mol. The molecule has 10 heteroatoms. The van der Waals surface area contributed by atoms with E-state index in [0.717, 1.165) is 13.0 Å². The third-order valence-electron chi connectivity index (χ3n) is 5.77. The molecule has 7 unspecified atom stereocenters. The Balaban J connectivity index is 1.67. The summed E-state index contributed by atoms with van der Waals surface area (Å²) in [5.41, 5.74) is 5.46. The van der Waals surface area contributed by atoms with Crippen LogP contribution >= 0.6 is 0 Å². The molecule has 0 radical (unpaired) electrons. The summed E-state index contributed by atoms with van der Waals surface area (Å²) in [6.45, 7) is 3.07. The molecule has 4 aliphatic rings. The molecule has 4 fully saturated rings. The first-order valence-corrected chi connectivity index (χ1v) is 9.24. The maximum absolute atomic E-state index is 15.0. The average Bonchev–Trinajstić information content (AvgIpc) is 2.91. The highest BCUT2D eigenvalue weighted by atomic mass is 19.1. The number of urea groups is 1. The Hall–Kier alpha value is -1.49. The molecule has 5 N–H and O–H groups in total. The van der Waals surface area contributed by atoms with Crippen molar-refractivity contribution in [2.24, 2.45) is 11.7 Å². The number of piperidine rings is 2. The van der Waals surface area contributed by atoms with Crippen molar-refractivity contribution in [3.8, 4) is 0 Å². The number of alkyl halides is 1. The summed E-state index contributed by atoms with van der Waals surface area (Å²) in [6, 6.07) is -0.682. The molecule has 0 saturated carbocycles. The van der Waals surface area contributed by atoms with Crippen LogP contribution in [0.15, 0.2) is 0 Å². The Labute approximate surface area is 151 Å². The first-order valence-electron chi connectivity index (χ1n) is 9.24. The molecule has 0 aromatic heterocycles. The number of ether oxygens (including phenoxy) is 2. The number of nitrogens with two attached hydrogens (primary N) is 1. The van der Waals surface area contributed by atoms with E-state index >= 15 is 0 Å². The van der Waals surface area contributed by atoms with Crippen LogP contribution in [0.1, 0.15) is 26.2 Å². The number of hydrogen-bond donors (Lipinski definition) is 4. The van der Waals surface area contributed by atoms with Crippen LogP contribution in [0, 0.1) is 5.92 Å². The highest BCUT2D eigenvalue weighted by Crippen LogP contribution is 2.33. The third-order valence-corrected chi connectivity index (χ3v) is 5.77. The first kappa shape index (κ1) is 17.9. The molecule has 146 valence electrons. The number of fused-ring (bicyclic) bond motifs is 3. The largest absolute Gasteiger partial charge is 0.376 e. The Bertz CT molecular complexity index is 581. The van der Waals surface area contributed by atoms with Crippen molar-refractivity contribution in [2.75, 3.05) is 13.2 Å². The van der Waals surface area contributed by atoms with E-state index in [0.29, 0.717) is 13.0 Å². The van der Waals surface area contributed by atoms with Crippen molar-refractivity contribution in [1.82, 2.24) is 20.9 Å². The Kier molecular flexibility index (Phi) is 4.76. The number of nitrogens with zero attached hydrogens (tertiary/aromatic N) is 1. The Morgan fingerprint density at radius 1 is 1.38 bits per heavy atom. The molecule has 4 heterocycles. The second-order valence-electron chi connectivity index (χ2n) is 7.51. The summed E-state index contributed by atoms with van der Waals surface area (Å²) in [5.74, 6) is -1.39. The van der Waals surface area contributed by atoms with Crippen LogP contribution in [0.4, 0.5) is 9.18 Å². The lowest BCUT2D eigenvalue weighted by Gasteiger charge is -2.45. The zero-order chi connectivity index (χ0) is 18.4. The van der Waals surface area contributed by atoms with E-state index in [9.17, 15) is 14.0 Å². The second-order valence-corrected chi connectivity index (χ2v) is 7.51. The molecule has 4 saturated heterocycles. The van der Waals surface area contributed by atoms with Crippen molar-refractivity contribution in [3.63, 3.8) is 0 Å². The molecule has 9 nitrogen and oxygen atoms in total. The minimum absolute atomic E-state index is 0.0789. The summed E-state index contributed by atoms with van der Waals surface area (Å²) in [7, 11) is 0. The van der Waals surface area contributed by atoms with E-state index in [1.807, 2.05) is 6.92 Å². The molecule has 0 aromatic carbocycles. The average molecular weight is 371 g/mol. The standard InChI is InChI=1S/C16H26FN5O4/c1-7-3-5-25-10-2-4-19-13-11(10)22(16(24)20-13)14-9(17)6-8(12(18)23)15(21-14)26-7/h7-11,13-15,19,21H,2-6H2,1H3,(H2,18,23)(H,20,24)/t7-,8?,9?,10?,11?,13?,14?,15?/m0/s1. The number of primary amides is 1. The predicted octanol–water partition coefficient (Wildman–Crippen LogP) is -1.02. The lowest BCUT2D eigenvalue weighted by atomic mass is 9.91. The maximum atomic E-state index is 15.0. The van der Waals surface area contributed by atoms with Crippen molar-refractivity contribution < 1.29 is 23.5 Å². The van der Waals surface area contributed by atoms with Gasteiger partial charge in [0.25, 0.3) is 0 Å². The normalized spacial score (nSPS) is 46.1. The number of hydrogen-bond acceptors (Lipinski definition) is 6. The van der Waals surface area contributed by atoms with Crippen LogP contribution in [0.5, 0.6) is 0 Å². The number of halogens is 1. The molecule has 4 aliphatic heterocycles. The zero-order valence-corrected chi connectivity index (χ0v) is 14.7. The van der Waals surface area contributed by atoms with Crippen LogP contribution in [0.3, 0.4) is 0 Å². The van der Waals surface area contributed by atoms with Crippen LogP contribution in [-0.4, -0.2) is 73.0 Å². The van der Waals surface area contributed by atoms with Gasteiger partial charge in [-0.15, -0.1) is 0 Å². The zero-order valence-electron chi connectivity index (χ0n) is 14.7. The molecule has 0 aromatic rings. The van der Waals surface area contributed by atoms with Crippen molar-refractivity contribution in [2.45, 2.75) is 69.2 Å². The van der Waals surface area contributed by atoms with Gasteiger partial charge in [0.1, 0.15) is 24.7 Å². The molecule has 0 aliphatic carbocycles. The van der Waals surface area contributed by atoms with Crippen LogP contribution < -0.4 is 21.7 Å². The number of amides is 3. The molecule has 4 rings (SSSR count). The Morgan fingerprint density at radius 2 is 2.19 bits per heavy atom. The van der Waals surface area contributed by atoms with Gasteiger partial charge in [-0.3, -0.25) is 20.3 Å². The third kappa shape index (κ3) is 3.04. The van der Waals surface area contributed by atoms with Crippen molar-refractivity contribution >= 4 is 11.9 Å². The second kappa shape index (κ2) is 6.91. The quantitative estimate of drug-likeness (QED) is 0.469. The van der Waals surface area contributed by atoms with Gasteiger partial charge in [-0.2, -0.15) is 0 Å². The van der Waals surface area contributed by atoms with Gasteiger partial charge in [0.15, 0.2) is 0 Å². The molecule has 0 spiro atoms. The lowest BCUT2D eigenvalue weighted by Crippen LogP contribution is -2.68. The van der Waals surface area contributed by atoms with Gasteiger partial charge in [-0.05, 0) is 32.7 Å². The van der Waals surface area contributed by atoms with Gasteiger partial charge in [0.2, 0.25) is 5.91 Å². The number of nitrogens with one attached hydrogen (secondary N) is 3. The highest BCUT2D eigenvalue weighted by Gasteiger charge is 2.54. The van der Waals surface area contributed by atoms with E-state index in [-0.39, 0.29) is 36.9 Å². The molecule has 8 atom stereocenters. The van der Waals surface area contributed by atoms with Crippen molar-refractivity contribution in [3.05, 3.63) is 0 Å². The van der Waals surface area contributed by atoms with E-state index in [1.54, 1.807) is 0 Å². The fraction of sp³-hybridized carbons (Fsp3) is 0.875. The summed E-state index contributed by atoms with van der Waals surface area (Å²) < 4.78 is 27.0. The fourth-order valence-electron chi connectivity index (χ4n) is 4.44. The fourth-order valence-corrected chi connectivity index (χ4v) is 4.44. The minimum Gasteiger partial charge on any atom is -0.376 e. The number of rotatable bonds is 1. The Morgan fingerprint density at radius 3 is 2.96 bits per heavy atom. The SMILES string of the molecule is C[C@H]1CCOC2CCNC3NC(=O)N(C4NC(O1)C(C(N)=O)CC4F)C32. The smallest absolute Gasteiger partial charge is 0.320 e. The van der Waals surface area contributed by atoms with Crippen LogP contribution in [0.25, 0.3) is 0 Å². The topological polar surface area (TPSA) is 118 Å². The van der Waals surface area contributed by atoms with E-state index in [1.165, 1.54) is 4.90 Å². The van der Waals surface area contributed by atoms with Gasteiger partial charge in [0.05, 0.1) is 24.2 Å². The van der Waals surface area contributed by atoms with Gasteiger partial charge in [-0.25, -0.2) is 9.18 Å². The lowest BCUT2D eigenvalue weighted by molar-refractivity contribution is -0.144. The summed E-state index contributed by atoms with van der Waals surface area (Å²) >= 11 is 0. The van der Waals surface area contributed by atoms with Gasteiger partial charge >= 0.3 is 6.03 Å². The summed E-state index contributed by atoms with van der Waals surface area (Å²) in [6.07, 6.45) is -2.45. The van der Waals surface area contributed by atoms with Gasteiger partial charge in [-0.1, -0.05) is 0 Å². The van der Waals surface area contributed by atoms with Crippen molar-refractivity contribution in [1.29, 1.82) is 0 Å². The van der Waals surface area contributed by atoms with Gasteiger partial charge < -0.3 is 20.5 Å². The number of carbonyl (C=O) groups is 2. The summed E-state index contributed by atoms with van der Waals surface area (Å²) in [4.78, 5) is 25.9. The molecule has 3 amide bonds. The summed E-state index contributed by atoms with van der Waals surface area (Å²) in [5, 5.41) is 9.16. The number of carbonyl (C=O) groups excluding carboxylic acids is 2. The highest BCUT2D eigenvalue weighted by molar-refractivity contribution is 5.79. The van der Waals surface area contributed by atoms with E-state index in [2.05, 4.69) is 16.0 Å². The van der Waals surface area contributed by atoms with Gasteiger partial charge in [0, 0.05) is 6.61 Å². The molecule has 26 heavy (non-hydrogen) atoms. The minimum atomic E-state index is -1.43. The monoisotopic (exact) mass is 371 g/mol. The van der Waals surface area contributed by atoms with Crippen LogP contribution in [0.2, 0.25) is 0 Å². The van der Waals surface area contributed by atoms with Crippen LogP contribution in [-0.2, 0) is 14.3 Å². The maximum Gasteiger partial charge on any atom is 0.320 e. The predicted molar refractivity (Wildman–Crippen MR) is 88.4 cm³/mol.